The molecule has 0 fully saturated rings. The minimum Gasteiger partial charge on any atom is -0.499 e. The van der Waals surface area contributed by atoms with E-state index in [0.717, 1.165) is 37.6 Å². The topological polar surface area (TPSA) is 36.9 Å². The molecule has 55 heavy (non-hydrogen) atoms. The first-order chi connectivity index (χ1) is 26.9. The molecular weight excluding hydrogens is 677 g/mol. The highest BCUT2D eigenvalue weighted by Crippen LogP contribution is 2.33. The minimum absolute atomic E-state index is 0.0862. The number of hydrogen-bond acceptors (Lipinski definition) is 4. The molecule has 0 aliphatic rings. The van der Waals surface area contributed by atoms with E-state index in [9.17, 15) is 0 Å². The molecule has 0 saturated heterocycles. The lowest BCUT2D eigenvalue weighted by Gasteiger charge is -2.26. The van der Waals surface area contributed by atoms with Crippen molar-refractivity contribution in [2.24, 2.45) is 0 Å². The van der Waals surface area contributed by atoms with E-state index >= 15 is 0 Å². The Morgan fingerprint density at radius 2 is 0.691 bits per heavy atom. The van der Waals surface area contributed by atoms with Crippen LogP contribution in [0.4, 0.5) is 0 Å². The second-order valence-corrected chi connectivity index (χ2v) is 16.6. The van der Waals surface area contributed by atoms with E-state index in [1.165, 1.54) is 152 Å². The Labute approximate surface area is 340 Å². The van der Waals surface area contributed by atoms with Gasteiger partial charge in [0, 0.05) is 5.41 Å². The summed E-state index contributed by atoms with van der Waals surface area (Å²) < 4.78 is 23.4. The molecule has 0 heterocycles. The highest BCUT2D eigenvalue weighted by molar-refractivity contribution is 5.41. The summed E-state index contributed by atoms with van der Waals surface area (Å²) in [6, 6.07) is 17.5. The summed E-state index contributed by atoms with van der Waals surface area (Å²) in [5.74, 6) is 1.95. The molecule has 4 nitrogen and oxygen atoms in total. The maximum atomic E-state index is 6.10. The molecule has 2 unspecified atom stereocenters. The molecule has 2 aromatic carbocycles. The van der Waals surface area contributed by atoms with Crippen molar-refractivity contribution in [2.45, 2.75) is 213 Å². The zero-order chi connectivity index (χ0) is 39.7. The molecule has 0 spiro atoms. The zero-order valence-electron chi connectivity index (χ0n) is 36.6. The largest absolute Gasteiger partial charge is 0.499 e. The number of hydrogen-bond donors (Lipinski definition) is 0. The van der Waals surface area contributed by atoms with Crippen LogP contribution in [0.3, 0.4) is 0 Å². The third kappa shape index (κ3) is 24.4. The van der Waals surface area contributed by atoms with Crippen LogP contribution in [0.2, 0.25) is 0 Å². The first kappa shape index (κ1) is 48.3. The predicted molar refractivity (Wildman–Crippen MR) is 238 cm³/mol. The molecule has 0 aromatic heterocycles. The normalized spacial score (nSPS) is 13.1. The summed E-state index contributed by atoms with van der Waals surface area (Å²) in [5, 5.41) is 0. The van der Waals surface area contributed by atoms with Crippen molar-refractivity contribution in [3.8, 4) is 11.5 Å². The summed E-state index contributed by atoms with van der Waals surface area (Å²) in [6.07, 6.45) is 39.7. The van der Waals surface area contributed by atoms with Gasteiger partial charge in [-0.2, -0.15) is 0 Å². The van der Waals surface area contributed by atoms with Crippen LogP contribution in [0.25, 0.3) is 0 Å². The Hall–Kier alpha value is -2.88. The molecular formula is C51H84O4. The quantitative estimate of drug-likeness (QED) is 0.0512. The second-order valence-electron chi connectivity index (χ2n) is 16.6. The van der Waals surface area contributed by atoms with E-state index in [-0.39, 0.29) is 5.41 Å². The maximum Gasteiger partial charge on any atom is 0.119 e. The fourth-order valence-corrected chi connectivity index (χ4v) is 7.29. The number of allylic oxidation sites excluding steroid dienone is 2. The summed E-state index contributed by atoms with van der Waals surface area (Å²) in [4.78, 5) is 0. The van der Waals surface area contributed by atoms with Crippen molar-refractivity contribution in [1.29, 1.82) is 0 Å². The highest BCUT2D eigenvalue weighted by Gasteiger charge is 2.23. The van der Waals surface area contributed by atoms with Crippen LogP contribution in [0.1, 0.15) is 207 Å². The van der Waals surface area contributed by atoms with Gasteiger partial charge in [-0.05, 0) is 102 Å². The molecule has 312 valence electrons. The van der Waals surface area contributed by atoms with E-state index in [4.69, 9.17) is 18.9 Å². The van der Waals surface area contributed by atoms with Gasteiger partial charge in [-0.3, -0.25) is 0 Å². The van der Waals surface area contributed by atoms with Crippen LogP contribution in [0.15, 0.2) is 73.2 Å². The van der Waals surface area contributed by atoms with Crippen molar-refractivity contribution in [3.63, 3.8) is 0 Å². The Balaban J connectivity index is 1.46. The lowest BCUT2D eigenvalue weighted by Crippen LogP contribution is -2.18. The fourth-order valence-electron chi connectivity index (χ4n) is 7.29. The Morgan fingerprint density at radius 1 is 0.418 bits per heavy atom. The molecule has 2 atom stereocenters. The van der Waals surface area contributed by atoms with Crippen LogP contribution in [-0.4, -0.2) is 25.4 Å². The van der Waals surface area contributed by atoms with E-state index in [2.05, 4.69) is 76.2 Å². The van der Waals surface area contributed by atoms with Crippen LogP contribution < -0.4 is 9.47 Å². The molecule has 2 aromatic rings. The Kier molecular flexibility index (Phi) is 28.3. The number of benzene rings is 2. The third-order valence-electron chi connectivity index (χ3n) is 11.1. The smallest absolute Gasteiger partial charge is 0.119 e. The van der Waals surface area contributed by atoms with Crippen molar-refractivity contribution >= 4 is 0 Å². The lowest BCUT2D eigenvalue weighted by molar-refractivity contribution is 0.149. The summed E-state index contributed by atoms with van der Waals surface area (Å²) in [7, 11) is 0. The van der Waals surface area contributed by atoms with Gasteiger partial charge in [0.05, 0.1) is 37.9 Å². The minimum atomic E-state index is -0.0862. The molecule has 0 aliphatic heterocycles. The Morgan fingerprint density at radius 3 is 0.982 bits per heavy atom. The SMILES string of the molecule is CC=COC(C)CCCCCCCCCCCCCOc1ccc(C(C)(C)c2ccc(OCCCCCCCCCCCCCC(C)OC=CC)cc2)cc1. The van der Waals surface area contributed by atoms with Crippen molar-refractivity contribution in [2.75, 3.05) is 13.2 Å². The summed E-state index contributed by atoms with van der Waals surface area (Å²) in [6.45, 7) is 14.5. The van der Waals surface area contributed by atoms with Crippen molar-refractivity contribution in [1.82, 2.24) is 0 Å². The number of rotatable bonds is 36. The van der Waals surface area contributed by atoms with Crippen LogP contribution in [0, 0.1) is 0 Å². The van der Waals surface area contributed by atoms with Crippen LogP contribution in [-0.2, 0) is 14.9 Å². The Bertz CT molecular complexity index is 1100. The van der Waals surface area contributed by atoms with Gasteiger partial charge in [0.2, 0.25) is 0 Å². The maximum absolute atomic E-state index is 6.10. The standard InChI is InChI=1S/C51H84O4/c1-7-41-52-45(3)31-27-23-19-15-11-9-13-17-21-25-29-43-54-49-37-33-47(34-38-49)51(5,6)48-35-39-50(40-36-48)55-44-30-26-22-18-14-10-12-16-20-24-28-32-46(4)53-42-8-2/h7-8,33-42,45-46H,9-32,43-44H2,1-6H3. The van der Waals surface area contributed by atoms with E-state index in [1.807, 2.05) is 38.5 Å². The van der Waals surface area contributed by atoms with E-state index < -0.39 is 0 Å². The van der Waals surface area contributed by atoms with Gasteiger partial charge >= 0.3 is 0 Å². The molecule has 0 saturated carbocycles. The first-order valence-electron chi connectivity index (χ1n) is 22.9. The van der Waals surface area contributed by atoms with Gasteiger partial charge in [0.25, 0.3) is 0 Å². The molecule has 2 rings (SSSR count). The van der Waals surface area contributed by atoms with Gasteiger partial charge < -0.3 is 18.9 Å². The molecule has 0 N–H and O–H groups in total. The zero-order valence-corrected chi connectivity index (χ0v) is 36.6. The lowest BCUT2D eigenvalue weighted by atomic mass is 9.78. The molecule has 0 bridgehead atoms. The number of unbranched alkanes of at least 4 members (excludes halogenated alkanes) is 20. The monoisotopic (exact) mass is 761 g/mol. The fraction of sp³-hybridized carbons (Fsp3) is 0.686. The average Bonchev–Trinajstić information content (AvgIpc) is 3.19. The van der Waals surface area contributed by atoms with Gasteiger partial charge in [-0.1, -0.05) is 166 Å². The van der Waals surface area contributed by atoms with E-state index in [0.29, 0.717) is 12.2 Å². The van der Waals surface area contributed by atoms with Gasteiger partial charge in [0.1, 0.15) is 11.5 Å². The van der Waals surface area contributed by atoms with Gasteiger partial charge in [-0.25, -0.2) is 0 Å². The van der Waals surface area contributed by atoms with Crippen molar-refractivity contribution in [3.05, 3.63) is 84.3 Å². The molecule has 4 heteroatoms. The predicted octanol–water partition coefficient (Wildman–Crippen LogP) is 16.0. The van der Waals surface area contributed by atoms with Gasteiger partial charge in [0.15, 0.2) is 0 Å². The molecule has 0 aliphatic carbocycles. The van der Waals surface area contributed by atoms with Gasteiger partial charge in [-0.15, -0.1) is 0 Å². The average molecular weight is 761 g/mol. The summed E-state index contributed by atoms with van der Waals surface area (Å²) in [5.41, 5.74) is 2.51. The van der Waals surface area contributed by atoms with Crippen LogP contribution >= 0.6 is 0 Å². The highest BCUT2D eigenvalue weighted by atomic mass is 16.5. The van der Waals surface area contributed by atoms with E-state index in [1.54, 1.807) is 0 Å². The molecule has 0 radical (unpaired) electrons. The summed E-state index contributed by atoms with van der Waals surface area (Å²) >= 11 is 0. The number of ether oxygens (including phenoxy) is 4. The second kappa shape index (κ2) is 32.2. The molecule has 0 amide bonds. The van der Waals surface area contributed by atoms with Crippen LogP contribution in [0.5, 0.6) is 11.5 Å². The third-order valence-corrected chi connectivity index (χ3v) is 11.1. The van der Waals surface area contributed by atoms with Crippen molar-refractivity contribution < 1.29 is 18.9 Å². The first-order valence-corrected chi connectivity index (χ1v) is 22.9.